The van der Waals surface area contributed by atoms with E-state index < -0.39 is 0 Å². The molecule has 1 rings (SSSR count). The minimum atomic E-state index is 0.0781. The molecule has 0 aliphatic rings. The van der Waals surface area contributed by atoms with Gasteiger partial charge < -0.3 is 10.4 Å². The molecule has 0 aliphatic carbocycles. The number of phenols is 1. The van der Waals surface area contributed by atoms with E-state index in [1.807, 2.05) is 12.1 Å². The Morgan fingerprint density at radius 2 is 2.07 bits per heavy atom. The van der Waals surface area contributed by atoms with Crippen molar-refractivity contribution in [2.24, 2.45) is 0 Å². The van der Waals surface area contributed by atoms with Crippen LogP contribution < -0.4 is 5.32 Å². The highest BCUT2D eigenvalue weighted by molar-refractivity contribution is 6.32. The lowest BCUT2D eigenvalue weighted by Crippen LogP contribution is -2.37. The molecule has 3 heteroatoms. The first-order valence-electron chi connectivity index (χ1n) is 5.17. The lowest BCUT2D eigenvalue weighted by molar-refractivity contribution is 0.369. The molecule has 0 amide bonds. The summed E-state index contributed by atoms with van der Waals surface area (Å²) in [6, 6.07) is 5.41. The number of hydrogen-bond donors (Lipinski definition) is 2. The van der Waals surface area contributed by atoms with Gasteiger partial charge in [-0.25, -0.2) is 0 Å². The van der Waals surface area contributed by atoms with Gasteiger partial charge in [0.05, 0.1) is 5.02 Å². The van der Waals surface area contributed by atoms with Crippen LogP contribution in [0.5, 0.6) is 5.75 Å². The van der Waals surface area contributed by atoms with Gasteiger partial charge in [0.15, 0.2) is 0 Å². The van der Waals surface area contributed by atoms with Gasteiger partial charge in [-0.2, -0.15) is 0 Å². The van der Waals surface area contributed by atoms with Crippen LogP contribution in [0.4, 0.5) is 0 Å². The van der Waals surface area contributed by atoms with Gasteiger partial charge in [-0.1, -0.05) is 30.7 Å². The van der Waals surface area contributed by atoms with E-state index >= 15 is 0 Å². The third kappa shape index (κ3) is 3.40. The molecule has 0 aromatic heterocycles. The van der Waals surface area contributed by atoms with Gasteiger partial charge >= 0.3 is 0 Å². The molecule has 0 radical (unpaired) electrons. The van der Waals surface area contributed by atoms with Crippen molar-refractivity contribution < 1.29 is 5.11 Å². The summed E-state index contributed by atoms with van der Waals surface area (Å²) < 4.78 is 0. The number of nitrogens with one attached hydrogen (secondary N) is 1. The maximum Gasteiger partial charge on any atom is 0.138 e. The Kier molecular flexibility index (Phi) is 4.00. The molecule has 0 heterocycles. The molecule has 84 valence electrons. The Hall–Kier alpha value is -0.730. The maximum absolute atomic E-state index is 9.70. The number of benzene rings is 1. The van der Waals surface area contributed by atoms with Gasteiger partial charge in [0.25, 0.3) is 0 Å². The summed E-state index contributed by atoms with van der Waals surface area (Å²) in [6.07, 6.45) is 1.04. The largest absolute Gasteiger partial charge is 0.506 e. The van der Waals surface area contributed by atoms with Crippen molar-refractivity contribution >= 4 is 11.6 Å². The average Bonchev–Trinajstić information content (AvgIpc) is 2.20. The first-order chi connectivity index (χ1) is 6.96. The number of halogens is 1. The van der Waals surface area contributed by atoms with Gasteiger partial charge in [0, 0.05) is 17.6 Å². The number of hydrogen-bond acceptors (Lipinski definition) is 2. The summed E-state index contributed by atoms with van der Waals surface area (Å²) >= 11 is 5.82. The van der Waals surface area contributed by atoms with Crippen LogP contribution in [0.2, 0.25) is 5.02 Å². The second-order valence-corrected chi connectivity index (χ2v) is 4.75. The normalized spacial score (nSPS) is 11.7. The monoisotopic (exact) mass is 227 g/mol. The van der Waals surface area contributed by atoms with Crippen LogP contribution >= 0.6 is 11.6 Å². The zero-order valence-corrected chi connectivity index (χ0v) is 10.2. The molecular weight excluding hydrogens is 210 g/mol. The summed E-state index contributed by atoms with van der Waals surface area (Å²) in [5.41, 5.74) is 0.915. The average molecular weight is 228 g/mol. The fourth-order valence-electron chi connectivity index (χ4n) is 1.16. The summed E-state index contributed by atoms with van der Waals surface area (Å²) in [7, 11) is 0. The van der Waals surface area contributed by atoms with Crippen molar-refractivity contribution in [3.63, 3.8) is 0 Å². The maximum atomic E-state index is 9.70. The molecule has 0 saturated heterocycles. The minimum absolute atomic E-state index is 0.0781. The van der Waals surface area contributed by atoms with Crippen molar-refractivity contribution in [2.75, 3.05) is 0 Å². The van der Waals surface area contributed by atoms with Gasteiger partial charge in [-0.05, 0) is 26.3 Å². The molecule has 15 heavy (non-hydrogen) atoms. The first-order valence-corrected chi connectivity index (χ1v) is 5.55. The summed E-state index contributed by atoms with van der Waals surface area (Å²) in [5, 5.41) is 13.5. The lowest BCUT2D eigenvalue weighted by Gasteiger charge is -2.24. The third-order valence-corrected chi connectivity index (χ3v) is 3.02. The highest BCUT2D eigenvalue weighted by Gasteiger charge is 2.14. The summed E-state index contributed by atoms with van der Waals surface area (Å²) in [6.45, 7) is 7.03. The fourth-order valence-corrected chi connectivity index (χ4v) is 1.36. The van der Waals surface area contributed by atoms with E-state index in [-0.39, 0.29) is 11.3 Å². The highest BCUT2D eigenvalue weighted by Crippen LogP contribution is 2.27. The minimum Gasteiger partial charge on any atom is -0.506 e. The smallest absolute Gasteiger partial charge is 0.138 e. The topological polar surface area (TPSA) is 32.3 Å². The van der Waals surface area contributed by atoms with E-state index in [0.29, 0.717) is 11.6 Å². The Labute approximate surface area is 96.3 Å². The lowest BCUT2D eigenvalue weighted by atomic mass is 10.0. The first kappa shape index (κ1) is 12.3. The highest BCUT2D eigenvalue weighted by atomic mass is 35.5. The van der Waals surface area contributed by atoms with Crippen LogP contribution in [0.15, 0.2) is 18.2 Å². The number of rotatable bonds is 4. The number of para-hydroxylation sites is 1. The molecule has 0 unspecified atom stereocenters. The molecule has 0 bridgehead atoms. The summed E-state index contributed by atoms with van der Waals surface area (Å²) in [5.74, 6) is 0.179. The van der Waals surface area contributed by atoms with Crippen LogP contribution in [0.3, 0.4) is 0 Å². The summed E-state index contributed by atoms with van der Waals surface area (Å²) in [4.78, 5) is 0. The van der Waals surface area contributed by atoms with Crippen LogP contribution in [-0.4, -0.2) is 10.6 Å². The Morgan fingerprint density at radius 1 is 1.40 bits per heavy atom. The molecule has 0 fully saturated rings. The van der Waals surface area contributed by atoms with E-state index in [1.165, 1.54) is 0 Å². The van der Waals surface area contributed by atoms with Crippen LogP contribution in [-0.2, 0) is 6.54 Å². The molecule has 1 aromatic rings. The second-order valence-electron chi connectivity index (χ2n) is 4.34. The van der Waals surface area contributed by atoms with Crippen molar-refractivity contribution in [3.05, 3.63) is 28.8 Å². The third-order valence-electron chi connectivity index (χ3n) is 2.71. The van der Waals surface area contributed by atoms with Crippen molar-refractivity contribution in [1.82, 2.24) is 5.32 Å². The van der Waals surface area contributed by atoms with E-state index in [9.17, 15) is 5.11 Å². The molecule has 0 atom stereocenters. The molecule has 0 saturated carbocycles. The molecular formula is C12H18ClNO. The predicted molar refractivity (Wildman–Crippen MR) is 64.3 cm³/mol. The zero-order valence-electron chi connectivity index (χ0n) is 9.47. The van der Waals surface area contributed by atoms with Crippen LogP contribution in [0.25, 0.3) is 0 Å². The van der Waals surface area contributed by atoms with Crippen LogP contribution in [0.1, 0.15) is 32.8 Å². The molecule has 2 nitrogen and oxygen atoms in total. The fraction of sp³-hybridized carbons (Fsp3) is 0.500. The number of aromatic hydroxyl groups is 1. The molecule has 0 aliphatic heterocycles. The van der Waals surface area contributed by atoms with Crippen LogP contribution in [0, 0.1) is 0 Å². The molecule has 2 N–H and O–H groups in total. The van der Waals surface area contributed by atoms with E-state index in [0.717, 1.165) is 12.0 Å². The van der Waals surface area contributed by atoms with Gasteiger partial charge in [-0.15, -0.1) is 0 Å². The van der Waals surface area contributed by atoms with Crippen molar-refractivity contribution in [2.45, 2.75) is 39.3 Å². The van der Waals surface area contributed by atoms with E-state index in [1.54, 1.807) is 6.07 Å². The molecule has 1 aromatic carbocycles. The van der Waals surface area contributed by atoms with E-state index in [2.05, 4.69) is 26.1 Å². The Bertz CT molecular complexity index is 336. The van der Waals surface area contributed by atoms with Gasteiger partial charge in [-0.3, -0.25) is 0 Å². The van der Waals surface area contributed by atoms with E-state index in [4.69, 9.17) is 11.6 Å². The Balaban J connectivity index is 2.70. The SMILES string of the molecule is CCC(C)(C)NCc1cccc(Cl)c1O. The van der Waals surface area contributed by atoms with Crippen molar-refractivity contribution in [1.29, 1.82) is 0 Å². The Morgan fingerprint density at radius 3 is 2.67 bits per heavy atom. The second kappa shape index (κ2) is 4.86. The van der Waals surface area contributed by atoms with Gasteiger partial charge in [0.1, 0.15) is 5.75 Å². The van der Waals surface area contributed by atoms with Crippen molar-refractivity contribution in [3.8, 4) is 5.75 Å². The quantitative estimate of drug-likeness (QED) is 0.827. The zero-order chi connectivity index (χ0) is 11.5. The predicted octanol–water partition coefficient (Wildman–Crippen LogP) is 3.32. The van der Waals surface area contributed by atoms with Gasteiger partial charge in [0.2, 0.25) is 0 Å². The standard InChI is InChI=1S/C12H18ClNO/c1-4-12(2,3)14-8-9-6-5-7-10(13)11(9)15/h5-7,14-15H,4,8H2,1-3H3. The number of phenolic OH excluding ortho intramolecular Hbond substituents is 1. The molecule has 0 spiro atoms.